The zero-order valence-corrected chi connectivity index (χ0v) is 14.8. The highest BCUT2D eigenvalue weighted by molar-refractivity contribution is 5.78. The van der Waals surface area contributed by atoms with E-state index in [4.69, 9.17) is 0 Å². The van der Waals surface area contributed by atoms with Crippen LogP contribution in [0.15, 0.2) is 42.7 Å². The van der Waals surface area contributed by atoms with Gasteiger partial charge in [0.25, 0.3) is 0 Å². The number of likely N-dealkylation sites (tertiary alicyclic amines) is 1. The lowest BCUT2D eigenvalue weighted by molar-refractivity contribution is -0.123. The molecule has 0 bridgehead atoms. The lowest BCUT2D eigenvalue weighted by Gasteiger charge is -2.25. The van der Waals surface area contributed by atoms with Crippen molar-refractivity contribution >= 4 is 5.91 Å². The summed E-state index contributed by atoms with van der Waals surface area (Å²) in [5, 5.41) is 7.58. The number of carbonyl (C=O) groups is 1. The molecule has 25 heavy (non-hydrogen) atoms. The molecule has 2 atom stereocenters. The molecule has 2 heterocycles. The van der Waals surface area contributed by atoms with Gasteiger partial charge in [-0.3, -0.25) is 14.4 Å². The van der Waals surface area contributed by atoms with Crippen molar-refractivity contribution in [1.29, 1.82) is 0 Å². The Bertz CT molecular complexity index is 722. The third-order valence-corrected chi connectivity index (χ3v) is 5.39. The number of rotatable bonds is 6. The summed E-state index contributed by atoms with van der Waals surface area (Å²) in [6.45, 7) is 1.45. The van der Waals surface area contributed by atoms with Gasteiger partial charge in [0, 0.05) is 24.8 Å². The Morgan fingerprint density at radius 1 is 1.28 bits per heavy atom. The molecule has 0 radical (unpaired) electrons. The molecule has 1 aromatic carbocycles. The highest BCUT2D eigenvalue weighted by Gasteiger charge is 2.34. The second-order valence-corrected chi connectivity index (χ2v) is 7.37. The third kappa shape index (κ3) is 3.76. The molecule has 132 valence electrons. The number of carbonyl (C=O) groups excluding carboxylic acids is 1. The van der Waals surface area contributed by atoms with Gasteiger partial charge < -0.3 is 5.32 Å². The number of hydrogen-bond donors (Lipinski definition) is 1. The lowest BCUT2D eigenvalue weighted by atomic mass is 10.0. The molecule has 4 rings (SSSR count). The SMILES string of the molecule is Cn1cc(C2CCCN2CC(=O)NC(c2ccccc2)C2CC2)cn1. The van der Waals surface area contributed by atoms with Gasteiger partial charge in [0.2, 0.25) is 5.91 Å². The van der Waals surface area contributed by atoms with Gasteiger partial charge in [-0.05, 0) is 43.7 Å². The number of aryl methyl sites for hydroxylation is 1. The molecule has 1 saturated carbocycles. The maximum Gasteiger partial charge on any atom is 0.234 e. The largest absolute Gasteiger partial charge is 0.348 e. The van der Waals surface area contributed by atoms with Crippen LogP contribution < -0.4 is 5.32 Å². The van der Waals surface area contributed by atoms with Crippen molar-refractivity contribution in [3.63, 3.8) is 0 Å². The van der Waals surface area contributed by atoms with Crippen molar-refractivity contribution in [2.24, 2.45) is 13.0 Å². The quantitative estimate of drug-likeness (QED) is 0.881. The second-order valence-electron chi connectivity index (χ2n) is 7.37. The van der Waals surface area contributed by atoms with Gasteiger partial charge in [-0.2, -0.15) is 5.10 Å². The molecule has 5 heteroatoms. The number of nitrogens with one attached hydrogen (secondary N) is 1. The number of hydrogen-bond acceptors (Lipinski definition) is 3. The first kappa shape index (κ1) is 16.3. The number of aromatic nitrogens is 2. The molecule has 0 spiro atoms. The summed E-state index contributed by atoms with van der Waals surface area (Å²) in [4.78, 5) is 15.0. The molecule has 1 saturated heterocycles. The number of benzene rings is 1. The fourth-order valence-corrected chi connectivity index (χ4v) is 3.97. The molecule has 2 unspecified atom stereocenters. The van der Waals surface area contributed by atoms with E-state index in [1.54, 1.807) is 0 Å². The van der Waals surface area contributed by atoms with Crippen LogP contribution in [0.4, 0.5) is 0 Å². The van der Waals surface area contributed by atoms with Crippen LogP contribution in [0, 0.1) is 5.92 Å². The van der Waals surface area contributed by atoms with E-state index in [9.17, 15) is 4.79 Å². The Kier molecular flexibility index (Phi) is 4.57. The first-order chi connectivity index (χ1) is 12.2. The predicted octanol–water partition coefficient (Wildman–Crippen LogP) is 2.82. The predicted molar refractivity (Wildman–Crippen MR) is 96.8 cm³/mol. The maximum absolute atomic E-state index is 12.7. The summed E-state index contributed by atoms with van der Waals surface area (Å²) in [5.74, 6) is 0.732. The summed E-state index contributed by atoms with van der Waals surface area (Å²) in [7, 11) is 1.94. The minimum Gasteiger partial charge on any atom is -0.348 e. The standard InChI is InChI=1S/C20H26N4O/c1-23-13-17(12-21-23)18-8-5-11-24(18)14-19(25)22-20(16-9-10-16)15-6-3-2-4-7-15/h2-4,6-7,12-13,16,18,20H,5,8-11,14H2,1H3,(H,22,25). The first-order valence-corrected chi connectivity index (χ1v) is 9.27. The molecule has 1 N–H and O–H groups in total. The zero-order chi connectivity index (χ0) is 17.2. The van der Waals surface area contributed by atoms with Crippen molar-refractivity contribution in [3.8, 4) is 0 Å². The second kappa shape index (κ2) is 7.00. The molecule has 1 aliphatic heterocycles. The summed E-state index contributed by atoms with van der Waals surface area (Å²) >= 11 is 0. The highest BCUT2D eigenvalue weighted by atomic mass is 16.2. The smallest absolute Gasteiger partial charge is 0.234 e. The molecule has 2 aliphatic rings. The van der Waals surface area contributed by atoms with E-state index in [-0.39, 0.29) is 11.9 Å². The van der Waals surface area contributed by atoms with Gasteiger partial charge in [0.1, 0.15) is 0 Å². The Morgan fingerprint density at radius 3 is 2.76 bits per heavy atom. The summed E-state index contributed by atoms with van der Waals surface area (Å²) in [6.07, 6.45) is 8.65. The van der Waals surface area contributed by atoms with Gasteiger partial charge in [0.05, 0.1) is 18.8 Å². The van der Waals surface area contributed by atoms with E-state index in [0.29, 0.717) is 18.5 Å². The van der Waals surface area contributed by atoms with Crippen molar-refractivity contribution < 1.29 is 4.79 Å². The zero-order valence-electron chi connectivity index (χ0n) is 14.8. The van der Waals surface area contributed by atoms with Crippen LogP contribution in [0.3, 0.4) is 0 Å². The van der Waals surface area contributed by atoms with E-state index in [1.165, 1.54) is 24.0 Å². The van der Waals surface area contributed by atoms with E-state index in [2.05, 4.69) is 45.8 Å². The molecule has 1 aromatic heterocycles. The first-order valence-electron chi connectivity index (χ1n) is 9.27. The Labute approximate surface area is 149 Å². The third-order valence-electron chi connectivity index (χ3n) is 5.39. The minimum absolute atomic E-state index is 0.136. The minimum atomic E-state index is 0.136. The number of nitrogens with zero attached hydrogens (tertiary/aromatic N) is 3. The average Bonchev–Trinajstić information content (AvgIpc) is 3.21. The Balaban J connectivity index is 1.41. The van der Waals surface area contributed by atoms with E-state index >= 15 is 0 Å². The molecule has 1 aliphatic carbocycles. The van der Waals surface area contributed by atoms with Crippen LogP contribution in [0.5, 0.6) is 0 Å². The Hall–Kier alpha value is -2.14. The van der Waals surface area contributed by atoms with Crippen molar-refractivity contribution in [2.45, 2.75) is 37.8 Å². The summed E-state index contributed by atoms with van der Waals surface area (Å²) in [6, 6.07) is 10.8. The Morgan fingerprint density at radius 2 is 2.08 bits per heavy atom. The van der Waals surface area contributed by atoms with Crippen LogP contribution in [0.25, 0.3) is 0 Å². The number of amides is 1. The van der Waals surface area contributed by atoms with E-state index in [1.807, 2.05) is 24.0 Å². The van der Waals surface area contributed by atoms with Crippen molar-refractivity contribution in [2.75, 3.05) is 13.1 Å². The molecule has 5 nitrogen and oxygen atoms in total. The van der Waals surface area contributed by atoms with E-state index in [0.717, 1.165) is 19.4 Å². The molecule has 1 amide bonds. The monoisotopic (exact) mass is 338 g/mol. The van der Waals surface area contributed by atoms with Gasteiger partial charge >= 0.3 is 0 Å². The normalized spacial score (nSPS) is 22.0. The topological polar surface area (TPSA) is 50.2 Å². The van der Waals surface area contributed by atoms with Gasteiger partial charge in [0.15, 0.2) is 0 Å². The van der Waals surface area contributed by atoms with Gasteiger partial charge in [-0.25, -0.2) is 0 Å². The summed E-state index contributed by atoms with van der Waals surface area (Å²) in [5.41, 5.74) is 2.44. The molecular formula is C20H26N4O. The van der Waals surface area contributed by atoms with Crippen LogP contribution >= 0.6 is 0 Å². The van der Waals surface area contributed by atoms with Crippen LogP contribution in [0.1, 0.15) is 48.9 Å². The van der Waals surface area contributed by atoms with Crippen LogP contribution in [0.2, 0.25) is 0 Å². The van der Waals surface area contributed by atoms with Crippen LogP contribution in [-0.2, 0) is 11.8 Å². The molecule has 2 fully saturated rings. The highest BCUT2D eigenvalue weighted by Crippen LogP contribution is 2.41. The van der Waals surface area contributed by atoms with E-state index < -0.39 is 0 Å². The fourth-order valence-electron chi connectivity index (χ4n) is 3.97. The van der Waals surface area contributed by atoms with Crippen molar-refractivity contribution in [3.05, 3.63) is 53.9 Å². The lowest BCUT2D eigenvalue weighted by Crippen LogP contribution is -2.39. The van der Waals surface area contributed by atoms with Gasteiger partial charge in [-0.15, -0.1) is 0 Å². The average molecular weight is 338 g/mol. The molecule has 2 aromatic rings. The fraction of sp³-hybridized carbons (Fsp3) is 0.500. The summed E-state index contributed by atoms with van der Waals surface area (Å²) < 4.78 is 1.84. The maximum atomic E-state index is 12.7. The van der Waals surface area contributed by atoms with Gasteiger partial charge in [-0.1, -0.05) is 30.3 Å². The van der Waals surface area contributed by atoms with Crippen LogP contribution in [-0.4, -0.2) is 33.7 Å². The van der Waals surface area contributed by atoms with Crippen molar-refractivity contribution in [1.82, 2.24) is 20.0 Å². The molecular weight excluding hydrogens is 312 g/mol.